The smallest absolute Gasteiger partial charge is 0.261 e. The number of rotatable bonds is 3. The highest BCUT2D eigenvalue weighted by atomic mass is 35.5. The van der Waals surface area contributed by atoms with E-state index in [0.29, 0.717) is 27.8 Å². The summed E-state index contributed by atoms with van der Waals surface area (Å²) >= 11 is 6.73. The van der Waals surface area contributed by atoms with E-state index in [9.17, 15) is 9.59 Å². The van der Waals surface area contributed by atoms with Crippen molar-refractivity contribution in [2.24, 2.45) is 21.0 Å². The van der Waals surface area contributed by atoms with Crippen molar-refractivity contribution in [1.29, 1.82) is 0 Å². The number of anilines is 2. The number of hydrogen-bond donors (Lipinski definition) is 0. The lowest BCUT2D eigenvalue weighted by molar-refractivity contribution is -0.126. The second kappa shape index (κ2) is 8.11. The number of carbonyl (C=O) groups excluding carboxylic acids is 2. The van der Waals surface area contributed by atoms with Crippen molar-refractivity contribution in [3.63, 3.8) is 0 Å². The number of nitrogens with zero attached hydrogens (tertiary/aromatic N) is 4. The fourth-order valence-corrected chi connectivity index (χ4v) is 6.72. The fourth-order valence-electron chi connectivity index (χ4n) is 6.48. The van der Waals surface area contributed by atoms with Crippen LogP contribution in [-0.4, -0.2) is 23.2 Å². The Morgan fingerprint density at radius 2 is 1.11 bits per heavy atom. The summed E-state index contributed by atoms with van der Waals surface area (Å²) in [5.74, 6) is -0.981. The standard InChI is InChI=1S/C31H29ClN4O2/c1-17-11-13-23(15-19(17)3)35-28(37)30(21(5)33-35)27(25-9-7-8-10-26(25)32)31(30)22(6)34-36(29(31)38)24-14-12-18(2)20(4)16-24/h7-16,27H,1-6H3. The number of halogens is 1. The zero-order chi connectivity index (χ0) is 27.1. The second-order valence-corrected chi connectivity index (χ2v) is 11.1. The topological polar surface area (TPSA) is 65.3 Å². The first-order valence-electron chi connectivity index (χ1n) is 12.8. The molecule has 0 N–H and O–H groups in total. The van der Waals surface area contributed by atoms with E-state index in [2.05, 4.69) is 0 Å². The molecule has 1 saturated carbocycles. The van der Waals surface area contributed by atoms with Crippen LogP contribution < -0.4 is 10.0 Å². The molecule has 6 rings (SSSR count). The van der Waals surface area contributed by atoms with Crippen molar-refractivity contribution in [2.75, 3.05) is 10.0 Å². The quantitative estimate of drug-likeness (QED) is 0.393. The van der Waals surface area contributed by atoms with Gasteiger partial charge in [-0.1, -0.05) is 41.9 Å². The van der Waals surface area contributed by atoms with Crippen molar-refractivity contribution >= 4 is 46.2 Å². The summed E-state index contributed by atoms with van der Waals surface area (Å²) in [7, 11) is 0. The van der Waals surface area contributed by atoms with Crippen molar-refractivity contribution in [2.45, 2.75) is 47.5 Å². The molecule has 7 heteroatoms. The molecular formula is C31H29ClN4O2. The zero-order valence-corrected chi connectivity index (χ0v) is 23.1. The molecular weight excluding hydrogens is 496 g/mol. The van der Waals surface area contributed by atoms with Crippen molar-refractivity contribution in [3.05, 3.63) is 93.5 Å². The highest BCUT2D eigenvalue weighted by Crippen LogP contribution is 2.79. The Kier molecular flexibility index (Phi) is 5.24. The Hall–Kier alpha value is -3.77. The molecule has 2 amide bonds. The molecule has 3 aromatic rings. The van der Waals surface area contributed by atoms with E-state index in [0.717, 1.165) is 27.8 Å². The third-order valence-electron chi connectivity index (χ3n) is 8.79. The maximum Gasteiger partial charge on any atom is 0.261 e. The van der Waals surface area contributed by atoms with E-state index < -0.39 is 16.7 Å². The van der Waals surface area contributed by atoms with Gasteiger partial charge in [-0.25, -0.2) is 0 Å². The van der Waals surface area contributed by atoms with Crippen LogP contribution in [0, 0.1) is 38.5 Å². The van der Waals surface area contributed by atoms with E-state index >= 15 is 0 Å². The van der Waals surface area contributed by atoms with Gasteiger partial charge in [0.15, 0.2) is 0 Å². The van der Waals surface area contributed by atoms with E-state index in [4.69, 9.17) is 21.8 Å². The van der Waals surface area contributed by atoms with Crippen LogP contribution in [0.2, 0.25) is 5.02 Å². The van der Waals surface area contributed by atoms with E-state index in [1.807, 2.05) is 96.1 Å². The highest BCUT2D eigenvalue weighted by Gasteiger charge is 2.91. The van der Waals surface area contributed by atoms with Gasteiger partial charge in [0.2, 0.25) is 0 Å². The van der Waals surface area contributed by atoms with Crippen molar-refractivity contribution in [3.8, 4) is 0 Å². The summed E-state index contributed by atoms with van der Waals surface area (Å²) < 4.78 is 0. The summed E-state index contributed by atoms with van der Waals surface area (Å²) in [6.45, 7) is 11.8. The summed E-state index contributed by atoms with van der Waals surface area (Å²) in [5.41, 5.74) is 5.26. The number of amides is 2. The monoisotopic (exact) mass is 524 g/mol. The highest BCUT2D eigenvalue weighted by molar-refractivity contribution is 6.38. The first kappa shape index (κ1) is 24.6. The summed E-state index contributed by atoms with van der Waals surface area (Å²) in [6, 6.07) is 19.1. The molecule has 38 heavy (non-hydrogen) atoms. The number of aryl methyl sites for hydroxylation is 4. The van der Waals surface area contributed by atoms with Crippen LogP contribution in [0.15, 0.2) is 70.9 Å². The molecule has 1 aliphatic carbocycles. The normalized spacial score (nSPS) is 26.0. The first-order chi connectivity index (χ1) is 18.1. The van der Waals surface area contributed by atoms with Crippen LogP contribution in [-0.2, 0) is 9.59 Å². The molecule has 1 fully saturated rings. The van der Waals surface area contributed by atoms with Crippen molar-refractivity contribution < 1.29 is 9.59 Å². The summed E-state index contributed by atoms with van der Waals surface area (Å²) in [6.07, 6.45) is 0. The van der Waals surface area contributed by atoms with Crippen LogP contribution in [0.4, 0.5) is 11.4 Å². The van der Waals surface area contributed by atoms with Crippen LogP contribution in [0.5, 0.6) is 0 Å². The Morgan fingerprint density at radius 3 is 1.53 bits per heavy atom. The van der Waals surface area contributed by atoms with Gasteiger partial charge in [-0.15, -0.1) is 0 Å². The number of hydrogen-bond acceptors (Lipinski definition) is 4. The minimum absolute atomic E-state index is 0.229. The number of fused-ring (bicyclic) bond motifs is 1. The van der Waals surface area contributed by atoms with Gasteiger partial charge in [-0.2, -0.15) is 20.2 Å². The minimum atomic E-state index is -1.21. The van der Waals surface area contributed by atoms with Crippen LogP contribution in [0.3, 0.4) is 0 Å². The Labute approximate surface area is 227 Å². The number of carbonyl (C=O) groups is 2. The van der Waals surface area contributed by atoms with Crippen LogP contribution >= 0.6 is 11.6 Å². The van der Waals surface area contributed by atoms with Gasteiger partial charge >= 0.3 is 0 Å². The van der Waals surface area contributed by atoms with Gasteiger partial charge in [0, 0.05) is 10.9 Å². The molecule has 0 aromatic heterocycles. The fraction of sp³-hybridized carbons (Fsp3) is 0.290. The van der Waals surface area contributed by atoms with Gasteiger partial charge in [-0.3, -0.25) is 9.59 Å². The molecule has 0 bridgehead atoms. The maximum atomic E-state index is 14.5. The Balaban J connectivity index is 1.53. The molecule has 2 unspecified atom stereocenters. The molecule has 0 saturated heterocycles. The average molecular weight is 525 g/mol. The average Bonchev–Trinajstić information content (AvgIpc) is 3.35. The van der Waals surface area contributed by atoms with E-state index in [-0.39, 0.29) is 11.8 Å². The number of hydrazone groups is 2. The molecule has 2 atom stereocenters. The van der Waals surface area contributed by atoms with Crippen LogP contribution in [0.1, 0.15) is 47.6 Å². The lowest BCUT2D eigenvalue weighted by atomic mass is 9.85. The van der Waals surface area contributed by atoms with Gasteiger partial charge in [0.25, 0.3) is 11.8 Å². The van der Waals surface area contributed by atoms with Gasteiger partial charge in [0.1, 0.15) is 10.8 Å². The lowest BCUT2D eigenvalue weighted by Crippen LogP contribution is -2.40. The van der Waals surface area contributed by atoms with E-state index in [1.54, 1.807) is 6.07 Å². The van der Waals surface area contributed by atoms with Gasteiger partial charge in [0.05, 0.1) is 22.8 Å². The third-order valence-corrected chi connectivity index (χ3v) is 9.14. The first-order valence-corrected chi connectivity index (χ1v) is 13.1. The predicted molar refractivity (Wildman–Crippen MR) is 152 cm³/mol. The summed E-state index contributed by atoms with van der Waals surface area (Å²) in [5, 5.41) is 13.0. The predicted octanol–water partition coefficient (Wildman–Crippen LogP) is 6.49. The number of benzene rings is 3. The molecule has 0 radical (unpaired) electrons. The molecule has 2 spiro atoms. The van der Waals surface area contributed by atoms with Gasteiger partial charge < -0.3 is 0 Å². The molecule has 3 aliphatic rings. The van der Waals surface area contributed by atoms with Gasteiger partial charge in [-0.05, 0) is 99.7 Å². The molecule has 2 heterocycles. The SMILES string of the molecule is CC1=NN(c2ccc(C)c(C)c2)C(=O)C12C(c1ccccc1Cl)C21C(=O)N(c2ccc(C)c(C)c2)N=C1C. The molecule has 3 aromatic carbocycles. The Bertz CT molecular complexity index is 1530. The van der Waals surface area contributed by atoms with Crippen molar-refractivity contribution in [1.82, 2.24) is 0 Å². The molecule has 2 aliphatic heterocycles. The largest absolute Gasteiger partial charge is 0.271 e. The van der Waals surface area contributed by atoms with Crippen LogP contribution in [0.25, 0.3) is 0 Å². The lowest BCUT2D eigenvalue weighted by Gasteiger charge is -2.19. The zero-order valence-electron chi connectivity index (χ0n) is 22.3. The summed E-state index contributed by atoms with van der Waals surface area (Å²) in [4.78, 5) is 29.1. The maximum absolute atomic E-state index is 14.5. The third kappa shape index (κ3) is 2.89. The Morgan fingerprint density at radius 1 is 0.658 bits per heavy atom. The molecule has 6 nitrogen and oxygen atoms in total. The second-order valence-electron chi connectivity index (χ2n) is 10.7. The minimum Gasteiger partial charge on any atom is -0.271 e. The molecule has 192 valence electrons. The van der Waals surface area contributed by atoms with E-state index in [1.165, 1.54) is 10.0 Å².